The monoisotopic (exact) mass is 507 g/mol. The number of quaternary nitrogens is 1. The highest BCUT2D eigenvalue weighted by Crippen LogP contribution is 2.12. The first-order valence-corrected chi connectivity index (χ1v) is 13.8. The normalized spacial score (nSPS) is 12.1. The van der Waals surface area contributed by atoms with Crippen LogP contribution >= 0.6 is 0 Å². The van der Waals surface area contributed by atoms with Gasteiger partial charge in [-0.2, -0.15) is 0 Å². The van der Waals surface area contributed by atoms with E-state index in [0.29, 0.717) is 0 Å². The van der Waals surface area contributed by atoms with Gasteiger partial charge in [-0.3, -0.25) is 0 Å². The first-order chi connectivity index (χ1) is 14.8. The molecule has 0 bridgehead atoms. The van der Waals surface area contributed by atoms with Gasteiger partial charge in [-0.05, 0) is 12.8 Å². The van der Waals surface area contributed by atoms with Crippen molar-refractivity contribution in [1.29, 1.82) is 0 Å². The molecule has 0 radical (unpaired) electrons. The fourth-order valence-corrected chi connectivity index (χ4v) is 3.96. The van der Waals surface area contributed by atoms with E-state index in [4.69, 9.17) is 9.47 Å². The van der Waals surface area contributed by atoms with Crippen LogP contribution in [0.3, 0.4) is 0 Å². The van der Waals surface area contributed by atoms with Crippen LogP contribution in [0.25, 0.3) is 0 Å². The molecule has 0 aliphatic rings. The lowest BCUT2D eigenvalue weighted by Crippen LogP contribution is -3.00. The molecule has 0 aliphatic carbocycles. The second-order valence-corrected chi connectivity index (χ2v) is 9.22. The fourth-order valence-electron chi connectivity index (χ4n) is 3.96. The molecule has 0 aliphatic heterocycles. The van der Waals surface area contributed by atoms with E-state index >= 15 is 0 Å². The Morgan fingerprint density at radius 1 is 0.516 bits per heavy atom. The lowest BCUT2D eigenvalue weighted by Gasteiger charge is -2.14. The summed E-state index contributed by atoms with van der Waals surface area (Å²) >= 11 is 0. The van der Waals surface area contributed by atoms with Gasteiger partial charge in [0, 0.05) is 13.2 Å². The van der Waals surface area contributed by atoms with E-state index in [1.165, 1.54) is 128 Å². The highest BCUT2D eigenvalue weighted by Gasteiger charge is 2.09. The van der Waals surface area contributed by atoms with Gasteiger partial charge in [0.05, 0.1) is 6.61 Å². The van der Waals surface area contributed by atoms with Gasteiger partial charge in [-0.25, -0.2) is 0 Å². The summed E-state index contributed by atoms with van der Waals surface area (Å²) in [6, 6.07) is 0. The predicted octanol–water partition coefficient (Wildman–Crippen LogP) is 4.48. The molecule has 4 heteroatoms. The van der Waals surface area contributed by atoms with Crippen LogP contribution in [0, 0.1) is 0 Å². The Kier molecular flexibility index (Phi) is 32.8. The third kappa shape index (κ3) is 28.3. The third-order valence-corrected chi connectivity index (χ3v) is 6.12. The van der Waals surface area contributed by atoms with Crippen LogP contribution in [0.5, 0.6) is 0 Å². The van der Waals surface area contributed by atoms with Gasteiger partial charge in [-0.1, -0.05) is 129 Å². The molecule has 0 aromatic heterocycles. The zero-order valence-electron chi connectivity index (χ0n) is 21.4. The number of ether oxygens (including phenoxy) is 2. The van der Waals surface area contributed by atoms with Crippen molar-refractivity contribution in [2.75, 3.05) is 26.4 Å². The van der Waals surface area contributed by atoms with E-state index in [1.54, 1.807) is 0 Å². The van der Waals surface area contributed by atoms with Gasteiger partial charge >= 0.3 is 0 Å². The second-order valence-electron chi connectivity index (χ2n) is 9.22. The van der Waals surface area contributed by atoms with Crippen LogP contribution in [0.4, 0.5) is 0 Å². The molecule has 0 saturated carbocycles. The summed E-state index contributed by atoms with van der Waals surface area (Å²) in [6.07, 6.45) is 27.6. The quantitative estimate of drug-likeness (QED) is 0.175. The summed E-state index contributed by atoms with van der Waals surface area (Å²) in [4.78, 5) is 0. The Morgan fingerprint density at radius 3 is 1.26 bits per heavy atom. The smallest absolute Gasteiger partial charge is 0.129 e. The molecule has 3 N–H and O–H groups in total. The van der Waals surface area contributed by atoms with Gasteiger partial charge in [0.1, 0.15) is 12.6 Å². The minimum absolute atomic E-state index is 0. The van der Waals surface area contributed by atoms with E-state index in [2.05, 4.69) is 19.6 Å². The summed E-state index contributed by atoms with van der Waals surface area (Å²) in [5, 5.41) is 0. The van der Waals surface area contributed by atoms with Crippen LogP contribution in [-0.4, -0.2) is 32.5 Å². The van der Waals surface area contributed by atoms with Crippen molar-refractivity contribution in [2.45, 2.75) is 148 Å². The van der Waals surface area contributed by atoms with Gasteiger partial charge in [-0.15, -0.1) is 0 Å². The van der Waals surface area contributed by atoms with Crippen molar-refractivity contribution >= 4 is 0 Å². The van der Waals surface area contributed by atoms with Crippen molar-refractivity contribution in [2.24, 2.45) is 0 Å². The Hall–Kier alpha value is 0.360. The molecule has 0 spiro atoms. The van der Waals surface area contributed by atoms with Crippen LogP contribution in [-0.2, 0) is 9.47 Å². The topological polar surface area (TPSA) is 46.1 Å². The average Bonchev–Trinajstić information content (AvgIpc) is 2.76. The molecule has 190 valence electrons. The summed E-state index contributed by atoms with van der Waals surface area (Å²) in [5.41, 5.74) is 4.03. The molecular formula is C27H58BrNO2. The maximum Gasteiger partial charge on any atom is 0.129 e. The maximum absolute atomic E-state index is 5.98. The average molecular weight is 509 g/mol. The Balaban J connectivity index is 0. The summed E-state index contributed by atoms with van der Waals surface area (Å²) in [5.74, 6) is 0. The first kappa shape index (κ1) is 33.5. The Bertz CT molecular complexity index is 305. The van der Waals surface area contributed by atoms with Crippen LogP contribution in [0.15, 0.2) is 0 Å². The predicted molar refractivity (Wildman–Crippen MR) is 132 cm³/mol. The number of hydrogen-bond acceptors (Lipinski definition) is 2. The van der Waals surface area contributed by atoms with Crippen molar-refractivity contribution in [1.82, 2.24) is 0 Å². The second kappa shape index (κ2) is 30.4. The van der Waals surface area contributed by atoms with Crippen molar-refractivity contribution in [3.8, 4) is 0 Å². The highest BCUT2D eigenvalue weighted by atomic mass is 79.9. The molecule has 0 rings (SSSR count). The van der Waals surface area contributed by atoms with Crippen molar-refractivity contribution < 1.29 is 32.2 Å². The minimum atomic E-state index is 0. The van der Waals surface area contributed by atoms with Crippen molar-refractivity contribution in [3.63, 3.8) is 0 Å². The zero-order valence-corrected chi connectivity index (χ0v) is 23.0. The molecule has 31 heavy (non-hydrogen) atoms. The number of hydrogen-bond donors (Lipinski definition) is 1. The summed E-state index contributed by atoms with van der Waals surface area (Å²) in [6.45, 7) is 7.86. The van der Waals surface area contributed by atoms with Gasteiger partial charge in [0.2, 0.25) is 0 Å². The van der Waals surface area contributed by atoms with E-state index in [1.807, 2.05) is 0 Å². The lowest BCUT2D eigenvalue weighted by molar-refractivity contribution is -0.388. The van der Waals surface area contributed by atoms with Crippen LogP contribution in [0.2, 0.25) is 0 Å². The lowest BCUT2D eigenvalue weighted by atomic mass is 10.1. The molecule has 0 fully saturated rings. The molecule has 0 aromatic rings. The number of unbranched alkanes of at least 4 members (excludes halogenated alkanes) is 18. The Labute approximate surface area is 206 Å². The largest absolute Gasteiger partial charge is 1.00 e. The number of halogens is 1. The Morgan fingerprint density at radius 2 is 0.871 bits per heavy atom. The van der Waals surface area contributed by atoms with Crippen LogP contribution < -0.4 is 22.7 Å². The molecule has 3 nitrogen and oxygen atoms in total. The maximum atomic E-state index is 5.98. The van der Waals surface area contributed by atoms with Crippen LogP contribution in [0.1, 0.15) is 142 Å². The molecule has 0 amide bonds. The van der Waals surface area contributed by atoms with E-state index in [0.717, 1.165) is 26.4 Å². The molecule has 1 unspecified atom stereocenters. The molecule has 1 atom stereocenters. The number of rotatable bonds is 26. The third-order valence-electron chi connectivity index (χ3n) is 6.12. The van der Waals surface area contributed by atoms with Gasteiger partial charge in [0.15, 0.2) is 0 Å². The molecule has 0 saturated heterocycles. The van der Waals surface area contributed by atoms with Crippen molar-refractivity contribution in [3.05, 3.63) is 0 Å². The summed E-state index contributed by atoms with van der Waals surface area (Å²) in [7, 11) is 0. The molecular weight excluding hydrogens is 450 g/mol. The highest BCUT2D eigenvalue weighted by molar-refractivity contribution is 4.55. The van der Waals surface area contributed by atoms with Gasteiger partial charge in [0.25, 0.3) is 0 Å². The van der Waals surface area contributed by atoms with E-state index < -0.39 is 0 Å². The molecule has 0 aromatic carbocycles. The standard InChI is InChI=1S/C27H57NO2.BrH/c1-3-5-7-9-11-13-15-17-19-21-23-29-26-27(25-28)30-24-22-20-18-16-14-12-10-8-6-4-2;/h27H,3-26,28H2,1-2H3;1H. The first-order valence-electron chi connectivity index (χ1n) is 13.8. The SMILES string of the molecule is CCCCCCCCCCCCOCC(C[NH3+])OCCCCCCCCCCCC.[Br-]. The summed E-state index contributed by atoms with van der Waals surface area (Å²) < 4.78 is 11.8. The fraction of sp³-hybridized carbons (Fsp3) is 1.00. The molecule has 0 heterocycles. The van der Waals surface area contributed by atoms with E-state index in [-0.39, 0.29) is 23.1 Å². The zero-order chi connectivity index (χ0) is 22.0. The van der Waals surface area contributed by atoms with Gasteiger partial charge < -0.3 is 32.2 Å². The van der Waals surface area contributed by atoms with E-state index in [9.17, 15) is 0 Å². The minimum Gasteiger partial charge on any atom is -1.00 e.